The quantitative estimate of drug-likeness (QED) is 0.496. The highest BCUT2D eigenvalue weighted by atomic mass is 16.5. The van der Waals surface area contributed by atoms with E-state index >= 15 is 0 Å². The number of rotatable bonds is 7. The molecule has 1 aromatic carbocycles. The van der Waals surface area contributed by atoms with E-state index in [9.17, 15) is 19.6 Å². The summed E-state index contributed by atoms with van der Waals surface area (Å²) in [6, 6.07) is 9.01. The molecule has 1 heterocycles. The van der Waals surface area contributed by atoms with Crippen LogP contribution in [0.25, 0.3) is 0 Å². The lowest BCUT2D eigenvalue weighted by Gasteiger charge is -2.34. The molecule has 26 heavy (non-hydrogen) atoms. The predicted octanol–water partition coefficient (Wildman–Crippen LogP) is 0.903. The zero-order valence-corrected chi connectivity index (χ0v) is 14.7. The van der Waals surface area contributed by atoms with E-state index in [1.165, 1.54) is 6.08 Å². The Bertz CT molecular complexity index is 611. The molecule has 2 atom stereocenters. The maximum Gasteiger partial charge on any atom is 0.475 e. The number of alkyl carbamates (subject to hydrolysis) is 1. The predicted molar refractivity (Wildman–Crippen MR) is 98.2 cm³/mol. The minimum atomic E-state index is -1.71. The number of likely N-dealkylation sites (tertiary alicyclic amines) is 1. The first-order chi connectivity index (χ1) is 12.5. The Morgan fingerprint density at radius 3 is 2.73 bits per heavy atom. The van der Waals surface area contributed by atoms with Crippen molar-refractivity contribution >= 4 is 19.1 Å². The van der Waals surface area contributed by atoms with Crippen molar-refractivity contribution in [3.8, 4) is 0 Å². The molecule has 1 saturated heterocycles. The highest BCUT2D eigenvalue weighted by Crippen LogP contribution is 2.17. The smallest absolute Gasteiger partial charge is 0.447 e. The van der Waals surface area contributed by atoms with Crippen molar-refractivity contribution in [1.82, 2.24) is 10.2 Å². The van der Waals surface area contributed by atoms with Gasteiger partial charge in [0.05, 0.1) is 12.0 Å². The van der Waals surface area contributed by atoms with Crippen LogP contribution in [0.15, 0.2) is 43.0 Å². The van der Waals surface area contributed by atoms with Crippen molar-refractivity contribution in [2.45, 2.75) is 37.7 Å². The topological polar surface area (TPSA) is 99.1 Å². The average Bonchev–Trinajstić information content (AvgIpc) is 2.66. The van der Waals surface area contributed by atoms with E-state index in [0.717, 1.165) is 24.8 Å². The summed E-state index contributed by atoms with van der Waals surface area (Å²) in [5, 5.41) is 21.5. The number of hydrogen-bond acceptors (Lipinski definition) is 5. The Hall–Kier alpha value is -2.32. The van der Waals surface area contributed by atoms with Crippen LogP contribution in [-0.4, -0.2) is 59.2 Å². The molecule has 1 aliphatic rings. The lowest BCUT2D eigenvalue weighted by atomic mass is 9.76. The van der Waals surface area contributed by atoms with Gasteiger partial charge < -0.3 is 25.0 Å². The molecule has 140 valence electrons. The van der Waals surface area contributed by atoms with Crippen LogP contribution < -0.4 is 5.32 Å². The maximum absolute atomic E-state index is 12.1. The molecule has 2 rings (SSSR count). The van der Waals surface area contributed by atoms with Crippen LogP contribution in [0.4, 0.5) is 4.79 Å². The summed E-state index contributed by atoms with van der Waals surface area (Å²) in [4.78, 5) is 25.6. The Balaban J connectivity index is 1.87. The van der Waals surface area contributed by atoms with Gasteiger partial charge in [-0.1, -0.05) is 36.9 Å². The number of carbonyl (C=O) groups excluding carboxylic acids is 2. The summed E-state index contributed by atoms with van der Waals surface area (Å²) in [7, 11) is -1.71. The third-order valence-electron chi connectivity index (χ3n) is 4.45. The van der Waals surface area contributed by atoms with Crippen LogP contribution in [0.3, 0.4) is 0 Å². The molecule has 1 fully saturated rings. The molecule has 0 spiro atoms. The molecule has 8 heteroatoms. The van der Waals surface area contributed by atoms with Crippen LogP contribution in [0.1, 0.15) is 24.8 Å². The number of amides is 2. The lowest BCUT2D eigenvalue weighted by molar-refractivity contribution is -0.130. The van der Waals surface area contributed by atoms with Crippen molar-refractivity contribution < 1.29 is 24.4 Å². The van der Waals surface area contributed by atoms with Crippen molar-refractivity contribution in [3.63, 3.8) is 0 Å². The molecule has 1 aliphatic heterocycles. The third-order valence-corrected chi connectivity index (χ3v) is 4.45. The molecule has 3 N–H and O–H groups in total. The van der Waals surface area contributed by atoms with Gasteiger partial charge in [-0.25, -0.2) is 4.79 Å². The normalized spacial score (nSPS) is 17.9. The van der Waals surface area contributed by atoms with E-state index in [2.05, 4.69) is 11.9 Å². The number of benzene rings is 1. The number of nitrogens with zero attached hydrogens (tertiary/aromatic N) is 1. The minimum Gasteiger partial charge on any atom is -0.447 e. The molecule has 0 radical (unpaired) electrons. The van der Waals surface area contributed by atoms with Crippen LogP contribution >= 0.6 is 0 Å². The van der Waals surface area contributed by atoms with Gasteiger partial charge in [-0.3, -0.25) is 4.79 Å². The highest BCUT2D eigenvalue weighted by molar-refractivity contribution is 6.43. The van der Waals surface area contributed by atoms with E-state index in [4.69, 9.17) is 4.74 Å². The molecule has 0 saturated carbocycles. The molecular weight excluding hydrogens is 335 g/mol. The van der Waals surface area contributed by atoms with E-state index in [1.807, 2.05) is 30.3 Å². The van der Waals surface area contributed by atoms with E-state index < -0.39 is 19.2 Å². The zero-order valence-electron chi connectivity index (χ0n) is 14.7. The molecule has 7 nitrogen and oxygen atoms in total. The van der Waals surface area contributed by atoms with Gasteiger partial charge in [0.15, 0.2) is 0 Å². The summed E-state index contributed by atoms with van der Waals surface area (Å²) in [5.41, 5.74) is 0.862. The number of nitrogens with one attached hydrogen (secondary N) is 1. The summed E-state index contributed by atoms with van der Waals surface area (Å²) in [5.74, 6) is -1.06. The first-order valence-corrected chi connectivity index (χ1v) is 8.77. The fraction of sp³-hybridized carbons (Fsp3) is 0.444. The summed E-state index contributed by atoms with van der Waals surface area (Å²) in [6.45, 7) is 4.18. The Morgan fingerprint density at radius 1 is 1.35 bits per heavy atom. The molecule has 0 bridgehead atoms. The fourth-order valence-electron chi connectivity index (χ4n) is 3.05. The Labute approximate surface area is 153 Å². The molecule has 2 amide bonds. The van der Waals surface area contributed by atoms with Crippen molar-refractivity contribution in [3.05, 3.63) is 48.6 Å². The van der Waals surface area contributed by atoms with E-state index in [-0.39, 0.29) is 25.0 Å². The number of piperidine rings is 1. The number of carbonyl (C=O) groups is 2. The zero-order chi connectivity index (χ0) is 18.9. The summed E-state index contributed by atoms with van der Waals surface area (Å²) >= 11 is 0. The van der Waals surface area contributed by atoms with Gasteiger partial charge in [0.2, 0.25) is 5.91 Å². The van der Waals surface area contributed by atoms with Gasteiger partial charge in [-0.05, 0) is 37.3 Å². The standard InChI is InChI=1S/C18H25BN2O5/c1-2-17(22)21-11-7-6-10-15(21)13-26-18(23)20-16(19(24)25)12-14-8-4-3-5-9-14/h2-5,8-9,15-16,24-25H,1,6-7,10-13H2,(H,20,23)/t15-,16-/m0/s1. The summed E-state index contributed by atoms with van der Waals surface area (Å²) in [6.07, 6.45) is 3.41. The molecule has 1 aromatic rings. The first-order valence-electron chi connectivity index (χ1n) is 8.77. The van der Waals surface area contributed by atoms with Gasteiger partial charge in [0.25, 0.3) is 0 Å². The third kappa shape index (κ3) is 5.89. The Morgan fingerprint density at radius 2 is 2.08 bits per heavy atom. The van der Waals surface area contributed by atoms with Gasteiger partial charge in [0, 0.05) is 6.54 Å². The van der Waals surface area contributed by atoms with Crippen LogP contribution in [0.2, 0.25) is 0 Å². The number of ether oxygens (including phenoxy) is 1. The van der Waals surface area contributed by atoms with Crippen LogP contribution in [-0.2, 0) is 16.0 Å². The molecule has 0 unspecified atom stereocenters. The Kier molecular flexibility index (Phi) is 7.68. The largest absolute Gasteiger partial charge is 0.475 e. The maximum atomic E-state index is 12.1. The number of hydrogen-bond donors (Lipinski definition) is 3. The second-order valence-electron chi connectivity index (χ2n) is 6.34. The van der Waals surface area contributed by atoms with Crippen LogP contribution in [0.5, 0.6) is 0 Å². The second-order valence-corrected chi connectivity index (χ2v) is 6.34. The summed E-state index contributed by atoms with van der Waals surface area (Å²) < 4.78 is 5.22. The van der Waals surface area contributed by atoms with Crippen LogP contribution in [0, 0.1) is 0 Å². The second kappa shape index (κ2) is 9.99. The van der Waals surface area contributed by atoms with Gasteiger partial charge in [-0.2, -0.15) is 0 Å². The highest BCUT2D eigenvalue weighted by Gasteiger charge is 2.29. The SMILES string of the molecule is C=CC(=O)N1CCCC[C@H]1COC(=O)N[C@@H](Cc1ccccc1)B(O)O. The van der Waals surface area contributed by atoms with E-state index in [1.54, 1.807) is 4.90 Å². The van der Waals surface area contributed by atoms with Gasteiger partial charge in [-0.15, -0.1) is 0 Å². The first kappa shape index (κ1) is 20.0. The van der Waals surface area contributed by atoms with Crippen molar-refractivity contribution in [2.75, 3.05) is 13.2 Å². The molecular formula is C18H25BN2O5. The minimum absolute atomic E-state index is 0.0605. The van der Waals surface area contributed by atoms with Crippen molar-refractivity contribution in [1.29, 1.82) is 0 Å². The fourth-order valence-corrected chi connectivity index (χ4v) is 3.05. The molecule has 0 aromatic heterocycles. The van der Waals surface area contributed by atoms with Gasteiger partial charge in [0.1, 0.15) is 6.61 Å². The lowest BCUT2D eigenvalue weighted by Crippen LogP contribution is -2.50. The average molecular weight is 360 g/mol. The monoisotopic (exact) mass is 360 g/mol. The van der Waals surface area contributed by atoms with Crippen molar-refractivity contribution in [2.24, 2.45) is 0 Å². The molecule has 0 aliphatic carbocycles. The van der Waals surface area contributed by atoms with E-state index in [0.29, 0.717) is 6.54 Å². The van der Waals surface area contributed by atoms with Gasteiger partial charge >= 0.3 is 13.2 Å².